The summed E-state index contributed by atoms with van der Waals surface area (Å²) in [5.41, 5.74) is 9.66. The van der Waals surface area contributed by atoms with Gasteiger partial charge in [0.1, 0.15) is 5.75 Å². The predicted octanol–water partition coefficient (Wildman–Crippen LogP) is 3.33. The molecule has 0 aromatic heterocycles. The Bertz CT molecular complexity index is 523. The van der Waals surface area contributed by atoms with E-state index in [0.29, 0.717) is 0 Å². The number of nitrogens with two attached hydrogens (primary N) is 1. The van der Waals surface area contributed by atoms with Gasteiger partial charge in [0.2, 0.25) is 0 Å². The second-order valence-corrected chi connectivity index (χ2v) is 3.93. The van der Waals surface area contributed by atoms with E-state index in [-0.39, 0.29) is 0 Å². The van der Waals surface area contributed by atoms with Crippen molar-refractivity contribution >= 4 is 17.1 Å². The summed E-state index contributed by atoms with van der Waals surface area (Å²) in [6.45, 7) is 2.04. The lowest BCUT2D eigenvalue weighted by Crippen LogP contribution is -1.95. The maximum Gasteiger partial charge on any atom is 0.119 e. The van der Waals surface area contributed by atoms with Gasteiger partial charge in [-0.3, -0.25) is 0 Å². The fourth-order valence-corrected chi connectivity index (χ4v) is 1.68. The molecule has 2 rings (SSSR count). The molecule has 0 aliphatic rings. The van der Waals surface area contributed by atoms with E-state index in [9.17, 15) is 0 Å². The summed E-state index contributed by atoms with van der Waals surface area (Å²) in [4.78, 5) is 0. The van der Waals surface area contributed by atoms with Crippen LogP contribution in [0.5, 0.6) is 5.75 Å². The zero-order valence-electron chi connectivity index (χ0n) is 10.0. The zero-order valence-corrected chi connectivity index (χ0v) is 10.0. The van der Waals surface area contributed by atoms with Crippen LogP contribution in [0, 0.1) is 6.92 Å². The Kier molecular flexibility index (Phi) is 3.19. The molecule has 0 aliphatic heterocycles. The number of rotatable bonds is 3. The molecule has 88 valence electrons. The van der Waals surface area contributed by atoms with E-state index >= 15 is 0 Å². The first-order chi connectivity index (χ1) is 8.19. The minimum absolute atomic E-state index is 0.751. The van der Waals surface area contributed by atoms with Gasteiger partial charge in [0.05, 0.1) is 7.11 Å². The topological polar surface area (TPSA) is 47.3 Å². The van der Waals surface area contributed by atoms with Crippen molar-refractivity contribution in [3.05, 3.63) is 48.0 Å². The van der Waals surface area contributed by atoms with Crippen molar-refractivity contribution in [3.8, 4) is 5.75 Å². The highest BCUT2D eigenvalue weighted by Gasteiger charge is 2.01. The molecule has 0 unspecified atom stereocenters. The standard InChI is InChI=1S/C14H16N2O/c1-10-8-13(17-2)6-7-14(10)16-12-5-3-4-11(15)9-12/h3-9,16H,15H2,1-2H3. The second kappa shape index (κ2) is 4.78. The molecular formula is C14H16N2O. The smallest absolute Gasteiger partial charge is 0.119 e. The van der Waals surface area contributed by atoms with Gasteiger partial charge in [0.25, 0.3) is 0 Å². The number of methoxy groups -OCH3 is 1. The number of anilines is 3. The Hall–Kier alpha value is -2.16. The summed E-state index contributed by atoms with van der Waals surface area (Å²) in [5, 5.41) is 3.33. The van der Waals surface area contributed by atoms with Crippen LogP contribution >= 0.6 is 0 Å². The van der Waals surface area contributed by atoms with Gasteiger partial charge in [-0.2, -0.15) is 0 Å². The lowest BCUT2D eigenvalue weighted by Gasteiger charge is -2.11. The molecule has 17 heavy (non-hydrogen) atoms. The maximum atomic E-state index is 5.74. The van der Waals surface area contributed by atoms with Crippen LogP contribution < -0.4 is 15.8 Å². The Balaban J connectivity index is 2.24. The highest BCUT2D eigenvalue weighted by molar-refractivity contribution is 5.66. The molecule has 0 bridgehead atoms. The van der Waals surface area contributed by atoms with E-state index in [1.165, 1.54) is 0 Å². The third kappa shape index (κ3) is 2.69. The summed E-state index contributed by atoms with van der Waals surface area (Å²) in [6, 6.07) is 13.6. The zero-order chi connectivity index (χ0) is 12.3. The van der Waals surface area contributed by atoms with Crippen LogP contribution in [0.1, 0.15) is 5.56 Å². The summed E-state index contributed by atoms with van der Waals surface area (Å²) in [5.74, 6) is 0.862. The van der Waals surface area contributed by atoms with Crippen LogP contribution in [0.25, 0.3) is 0 Å². The number of ether oxygens (including phenoxy) is 1. The molecule has 3 nitrogen and oxygen atoms in total. The Morgan fingerprint density at radius 3 is 2.59 bits per heavy atom. The van der Waals surface area contributed by atoms with Gasteiger partial charge in [0, 0.05) is 17.1 Å². The van der Waals surface area contributed by atoms with Crippen LogP contribution in [0.4, 0.5) is 17.1 Å². The number of hydrogen-bond acceptors (Lipinski definition) is 3. The van der Waals surface area contributed by atoms with Crippen molar-refractivity contribution < 1.29 is 4.74 Å². The molecule has 0 saturated heterocycles. The third-order valence-corrected chi connectivity index (χ3v) is 2.60. The number of benzene rings is 2. The molecule has 0 amide bonds. The van der Waals surface area contributed by atoms with Crippen molar-refractivity contribution in [2.45, 2.75) is 6.92 Å². The van der Waals surface area contributed by atoms with Crippen LogP contribution in [-0.4, -0.2) is 7.11 Å². The molecular weight excluding hydrogens is 212 g/mol. The Labute approximate surface area is 101 Å². The molecule has 2 aromatic carbocycles. The molecule has 3 N–H and O–H groups in total. The van der Waals surface area contributed by atoms with Gasteiger partial charge in [-0.05, 0) is 48.9 Å². The average molecular weight is 228 g/mol. The molecule has 0 fully saturated rings. The Morgan fingerprint density at radius 1 is 1.12 bits per heavy atom. The molecule has 3 heteroatoms. The SMILES string of the molecule is COc1ccc(Nc2cccc(N)c2)c(C)c1. The molecule has 2 aromatic rings. The highest BCUT2D eigenvalue weighted by Crippen LogP contribution is 2.25. The molecule has 0 aliphatic carbocycles. The lowest BCUT2D eigenvalue weighted by molar-refractivity contribution is 0.414. The lowest BCUT2D eigenvalue weighted by atomic mass is 10.2. The fourth-order valence-electron chi connectivity index (χ4n) is 1.68. The van der Waals surface area contributed by atoms with Crippen LogP contribution in [0.3, 0.4) is 0 Å². The third-order valence-electron chi connectivity index (χ3n) is 2.60. The van der Waals surface area contributed by atoms with E-state index in [0.717, 1.165) is 28.4 Å². The van der Waals surface area contributed by atoms with Gasteiger partial charge in [-0.1, -0.05) is 6.07 Å². The van der Waals surface area contributed by atoms with E-state index in [1.54, 1.807) is 7.11 Å². The van der Waals surface area contributed by atoms with E-state index < -0.39 is 0 Å². The minimum atomic E-state index is 0.751. The van der Waals surface area contributed by atoms with Gasteiger partial charge in [-0.15, -0.1) is 0 Å². The first-order valence-corrected chi connectivity index (χ1v) is 5.46. The molecule has 0 spiro atoms. The van der Waals surface area contributed by atoms with Gasteiger partial charge in [0.15, 0.2) is 0 Å². The van der Waals surface area contributed by atoms with Crippen molar-refractivity contribution in [1.82, 2.24) is 0 Å². The molecule has 0 heterocycles. The van der Waals surface area contributed by atoms with Crippen molar-refractivity contribution in [2.75, 3.05) is 18.2 Å². The van der Waals surface area contributed by atoms with Gasteiger partial charge < -0.3 is 15.8 Å². The first-order valence-electron chi connectivity index (χ1n) is 5.46. The molecule has 0 atom stereocenters. The summed E-state index contributed by atoms with van der Waals surface area (Å²) in [6.07, 6.45) is 0. The highest BCUT2D eigenvalue weighted by atomic mass is 16.5. The number of nitrogen functional groups attached to an aromatic ring is 1. The summed E-state index contributed by atoms with van der Waals surface area (Å²) >= 11 is 0. The van der Waals surface area contributed by atoms with Crippen LogP contribution in [0.15, 0.2) is 42.5 Å². The average Bonchev–Trinajstić information content (AvgIpc) is 2.32. The monoisotopic (exact) mass is 228 g/mol. The quantitative estimate of drug-likeness (QED) is 0.792. The van der Waals surface area contributed by atoms with Crippen LogP contribution in [0.2, 0.25) is 0 Å². The number of aryl methyl sites for hydroxylation is 1. The molecule has 0 radical (unpaired) electrons. The number of hydrogen-bond donors (Lipinski definition) is 2. The van der Waals surface area contributed by atoms with Crippen LogP contribution in [-0.2, 0) is 0 Å². The summed E-state index contributed by atoms with van der Waals surface area (Å²) in [7, 11) is 1.67. The number of nitrogens with one attached hydrogen (secondary N) is 1. The van der Waals surface area contributed by atoms with Crippen molar-refractivity contribution in [2.24, 2.45) is 0 Å². The van der Waals surface area contributed by atoms with E-state index in [2.05, 4.69) is 5.32 Å². The van der Waals surface area contributed by atoms with E-state index in [4.69, 9.17) is 10.5 Å². The van der Waals surface area contributed by atoms with Crippen molar-refractivity contribution in [1.29, 1.82) is 0 Å². The first kappa shape index (κ1) is 11.3. The second-order valence-electron chi connectivity index (χ2n) is 3.93. The van der Waals surface area contributed by atoms with E-state index in [1.807, 2.05) is 49.4 Å². The van der Waals surface area contributed by atoms with Gasteiger partial charge >= 0.3 is 0 Å². The maximum absolute atomic E-state index is 5.74. The Morgan fingerprint density at radius 2 is 1.94 bits per heavy atom. The predicted molar refractivity (Wildman–Crippen MR) is 71.9 cm³/mol. The largest absolute Gasteiger partial charge is 0.497 e. The normalized spacial score (nSPS) is 10.0. The summed E-state index contributed by atoms with van der Waals surface area (Å²) < 4.78 is 5.17. The minimum Gasteiger partial charge on any atom is -0.497 e. The van der Waals surface area contributed by atoms with Gasteiger partial charge in [-0.25, -0.2) is 0 Å². The van der Waals surface area contributed by atoms with Crippen molar-refractivity contribution in [3.63, 3.8) is 0 Å². The fraction of sp³-hybridized carbons (Fsp3) is 0.143. The molecule has 0 saturated carbocycles.